The predicted octanol–water partition coefficient (Wildman–Crippen LogP) is 1.38. The van der Waals surface area contributed by atoms with E-state index in [1.165, 1.54) is 0 Å². The molecule has 1 amide bonds. The molecule has 0 atom stereocenters. The van der Waals surface area contributed by atoms with Gasteiger partial charge >= 0.3 is 0 Å². The average Bonchev–Trinajstić information content (AvgIpc) is 2.37. The summed E-state index contributed by atoms with van der Waals surface area (Å²) in [5.41, 5.74) is 7.05. The van der Waals surface area contributed by atoms with E-state index in [-0.39, 0.29) is 5.91 Å². The highest BCUT2D eigenvalue weighted by Crippen LogP contribution is 2.08. The molecule has 0 saturated carbocycles. The number of pyridine rings is 1. The fraction of sp³-hybridized carbons (Fsp3) is 0.538. The quantitative estimate of drug-likeness (QED) is 0.718. The van der Waals surface area contributed by atoms with E-state index in [4.69, 9.17) is 10.5 Å². The highest BCUT2D eigenvalue weighted by atomic mass is 16.5. The van der Waals surface area contributed by atoms with Gasteiger partial charge < -0.3 is 15.8 Å². The van der Waals surface area contributed by atoms with Crippen molar-refractivity contribution in [1.82, 2.24) is 10.3 Å². The largest absolute Gasteiger partial charge is 0.384 e. The molecule has 1 aromatic rings. The minimum atomic E-state index is -0.115. The molecule has 3 N–H and O–H groups in total. The molecule has 0 aromatic carbocycles. The maximum absolute atomic E-state index is 11.9. The molecule has 0 aliphatic heterocycles. The van der Waals surface area contributed by atoms with Crippen LogP contribution in [0.5, 0.6) is 0 Å². The highest BCUT2D eigenvalue weighted by Gasteiger charge is 2.07. The van der Waals surface area contributed by atoms with Gasteiger partial charge in [0, 0.05) is 31.0 Å². The van der Waals surface area contributed by atoms with E-state index >= 15 is 0 Å². The van der Waals surface area contributed by atoms with Gasteiger partial charge in [-0.1, -0.05) is 6.92 Å². The minimum Gasteiger partial charge on any atom is -0.384 e. The fourth-order valence-corrected chi connectivity index (χ4v) is 1.55. The number of ether oxygens (including phenoxy) is 1. The monoisotopic (exact) mass is 251 g/mol. The van der Waals surface area contributed by atoms with Gasteiger partial charge in [0.25, 0.3) is 5.91 Å². The van der Waals surface area contributed by atoms with Gasteiger partial charge in [-0.05, 0) is 31.9 Å². The molecular weight excluding hydrogens is 230 g/mol. The van der Waals surface area contributed by atoms with Crippen LogP contribution in [0.1, 0.15) is 36.3 Å². The van der Waals surface area contributed by atoms with Crippen molar-refractivity contribution in [3.63, 3.8) is 0 Å². The third-order valence-electron chi connectivity index (χ3n) is 2.48. The van der Waals surface area contributed by atoms with Crippen molar-refractivity contribution in [3.05, 3.63) is 23.4 Å². The zero-order valence-electron chi connectivity index (χ0n) is 11.0. The van der Waals surface area contributed by atoms with Crippen LogP contribution in [0.4, 0.5) is 5.82 Å². The Balaban J connectivity index is 2.48. The van der Waals surface area contributed by atoms with Gasteiger partial charge in [0.15, 0.2) is 0 Å². The summed E-state index contributed by atoms with van der Waals surface area (Å²) < 4.78 is 5.20. The first-order valence-corrected chi connectivity index (χ1v) is 6.29. The van der Waals surface area contributed by atoms with Crippen LogP contribution < -0.4 is 11.1 Å². The summed E-state index contributed by atoms with van der Waals surface area (Å²) in [4.78, 5) is 16.0. The van der Waals surface area contributed by atoms with Crippen molar-refractivity contribution in [2.75, 3.05) is 25.5 Å². The van der Waals surface area contributed by atoms with E-state index in [0.717, 1.165) is 18.5 Å². The highest BCUT2D eigenvalue weighted by molar-refractivity contribution is 5.94. The van der Waals surface area contributed by atoms with Gasteiger partial charge in [-0.25, -0.2) is 4.98 Å². The molecule has 1 heterocycles. The van der Waals surface area contributed by atoms with E-state index in [1.807, 2.05) is 13.8 Å². The molecular formula is C13H21N3O2. The van der Waals surface area contributed by atoms with Crippen molar-refractivity contribution in [2.24, 2.45) is 0 Å². The number of nitrogens with one attached hydrogen (secondary N) is 1. The number of nitrogens with zero attached hydrogens (tertiary/aromatic N) is 1. The lowest BCUT2D eigenvalue weighted by molar-refractivity contribution is 0.0944. The summed E-state index contributed by atoms with van der Waals surface area (Å²) in [5.74, 6) is 0.268. The van der Waals surface area contributed by atoms with E-state index < -0.39 is 0 Å². The molecule has 18 heavy (non-hydrogen) atoms. The zero-order chi connectivity index (χ0) is 13.4. The molecule has 0 radical (unpaired) electrons. The van der Waals surface area contributed by atoms with E-state index in [2.05, 4.69) is 10.3 Å². The van der Waals surface area contributed by atoms with Crippen LogP contribution in [0, 0.1) is 0 Å². The maximum Gasteiger partial charge on any atom is 0.251 e. The maximum atomic E-state index is 11.9. The average molecular weight is 251 g/mol. The number of carbonyl (C=O) groups excluding carboxylic acids is 1. The van der Waals surface area contributed by atoms with Crippen LogP contribution in [-0.4, -0.2) is 30.6 Å². The second-order valence-electron chi connectivity index (χ2n) is 3.93. The normalized spacial score (nSPS) is 10.3. The third kappa shape index (κ3) is 4.71. The number of aromatic nitrogens is 1. The van der Waals surface area contributed by atoms with Gasteiger partial charge in [0.2, 0.25) is 0 Å². The van der Waals surface area contributed by atoms with Crippen LogP contribution in [0.2, 0.25) is 0 Å². The molecule has 1 aromatic heterocycles. The Morgan fingerprint density at radius 1 is 1.44 bits per heavy atom. The molecule has 0 bridgehead atoms. The summed E-state index contributed by atoms with van der Waals surface area (Å²) in [7, 11) is 0. The summed E-state index contributed by atoms with van der Waals surface area (Å²) in [5, 5.41) is 2.83. The molecule has 0 spiro atoms. The van der Waals surface area contributed by atoms with Crippen LogP contribution in [0.25, 0.3) is 0 Å². The Hall–Kier alpha value is -1.62. The zero-order valence-corrected chi connectivity index (χ0v) is 11.0. The molecule has 1 rings (SSSR count). The standard InChI is InChI=1S/C13H21N3O2/c1-3-11-8-10(9-12(14)16-11)13(17)15-6-5-7-18-4-2/h8-9H,3-7H2,1-2H3,(H2,14,16)(H,15,17). The lowest BCUT2D eigenvalue weighted by Crippen LogP contribution is -2.25. The number of hydrogen-bond donors (Lipinski definition) is 2. The molecule has 0 fully saturated rings. The van der Waals surface area contributed by atoms with E-state index in [1.54, 1.807) is 12.1 Å². The van der Waals surface area contributed by atoms with Crippen LogP contribution in [0.3, 0.4) is 0 Å². The number of amides is 1. The second kappa shape index (κ2) is 7.66. The third-order valence-corrected chi connectivity index (χ3v) is 2.48. The summed E-state index contributed by atoms with van der Waals surface area (Å²) in [6.07, 6.45) is 1.57. The Kier molecular flexibility index (Phi) is 6.14. The SMILES string of the molecule is CCOCCCNC(=O)c1cc(N)nc(CC)c1. The van der Waals surface area contributed by atoms with Crippen molar-refractivity contribution in [1.29, 1.82) is 0 Å². The molecule has 0 aliphatic rings. The van der Waals surface area contributed by atoms with Gasteiger partial charge in [-0.15, -0.1) is 0 Å². The Bertz CT molecular complexity index is 394. The van der Waals surface area contributed by atoms with Gasteiger partial charge in [0.05, 0.1) is 0 Å². The first-order valence-electron chi connectivity index (χ1n) is 6.29. The van der Waals surface area contributed by atoms with Gasteiger partial charge in [-0.2, -0.15) is 0 Å². The summed E-state index contributed by atoms with van der Waals surface area (Å²) in [6, 6.07) is 3.37. The summed E-state index contributed by atoms with van der Waals surface area (Å²) >= 11 is 0. The molecule has 0 aliphatic carbocycles. The van der Waals surface area contributed by atoms with Crippen LogP contribution >= 0.6 is 0 Å². The van der Waals surface area contributed by atoms with Gasteiger partial charge in [-0.3, -0.25) is 4.79 Å². The molecule has 5 heteroatoms. The van der Waals surface area contributed by atoms with Gasteiger partial charge in [0.1, 0.15) is 5.82 Å². The van der Waals surface area contributed by atoms with E-state index in [9.17, 15) is 4.79 Å². The lowest BCUT2D eigenvalue weighted by Gasteiger charge is -2.07. The second-order valence-corrected chi connectivity index (χ2v) is 3.93. The Morgan fingerprint density at radius 3 is 2.89 bits per heavy atom. The number of hydrogen-bond acceptors (Lipinski definition) is 4. The van der Waals surface area contributed by atoms with Crippen LogP contribution in [0.15, 0.2) is 12.1 Å². The Labute approximate surface area is 108 Å². The molecule has 0 saturated heterocycles. The molecule has 5 nitrogen and oxygen atoms in total. The van der Waals surface area contributed by atoms with Crippen molar-refractivity contribution in [2.45, 2.75) is 26.7 Å². The number of nitrogens with two attached hydrogens (primary N) is 1. The molecule has 0 unspecified atom stereocenters. The number of anilines is 1. The smallest absolute Gasteiger partial charge is 0.251 e. The van der Waals surface area contributed by atoms with Crippen LogP contribution in [-0.2, 0) is 11.2 Å². The van der Waals surface area contributed by atoms with Crippen molar-refractivity contribution >= 4 is 11.7 Å². The minimum absolute atomic E-state index is 0.115. The first-order chi connectivity index (χ1) is 8.67. The van der Waals surface area contributed by atoms with Crippen molar-refractivity contribution in [3.8, 4) is 0 Å². The molecule has 100 valence electrons. The lowest BCUT2D eigenvalue weighted by atomic mass is 10.2. The summed E-state index contributed by atoms with van der Waals surface area (Å²) in [6.45, 7) is 5.89. The number of rotatable bonds is 7. The number of aryl methyl sites for hydroxylation is 1. The topological polar surface area (TPSA) is 77.2 Å². The Morgan fingerprint density at radius 2 is 2.22 bits per heavy atom. The first kappa shape index (κ1) is 14.4. The van der Waals surface area contributed by atoms with Crippen molar-refractivity contribution < 1.29 is 9.53 Å². The predicted molar refractivity (Wildman–Crippen MR) is 71.5 cm³/mol. The number of nitrogen functional groups attached to an aromatic ring is 1. The van der Waals surface area contributed by atoms with E-state index in [0.29, 0.717) is 31.1 Å². The fourth-order valence-electron chi connectivity index (χ4n) is 1.55. The number of carbonyl (C=O) groups is 1.